The van der Waals surface area contributed by atoms with Crippen molar-refractivity contribution < 1.29 is 19.1 Å². The minimum atomic E-state index is -0.588. The Balaban J connectivity index is 1.27. The van der Waals surface area contributed by atoms with Gasteiger partial charge in [0.2, 0.25) is 0 Å². The number of thiophene rings is 1. The second kappa shape index (κ2) is 10.0. The van der Waals surface area contributed by atoms with Crippen molar-refractivity contribution in [1.82, 2.24) is 9.97 Å². The van der Waals surface area contributed by atoms with Gasteiger partial charge in [0.15, 0.2) is 11.7 Å². The van der Waals surface area contributed by atoms with Crippen LogP contribution in [0.2, 0.25) is 0 Å². The summed E-state index contributed by atoms with van der Waals surface area (Å²) in [5.41, 5.74) is 3.37. The Bertz CT molecular complexity index is 1500. The molecule has 1 N–H and O–H groups in total. The van der Waals surface area contributed by atoms with E-state index >= 15 is 0 Å². The maximum atomic E-state index is 12.9. The first kappa shape index (κ1) is 22.7. The number of carbonyl (C=O) groups excluding carboxylic acids is 2. The van der Waals surface area contributed by atoms with Gasteiger partial charge in [-0.15, -0.1) is 22.7 Å². The van der Waals surface area contributed by atoms with E-state index in [1.807, 2.05) is 71.4 Å². The molecule has 0 aliphatic carbocycles. The molecule has 1 amide bonds. The third-order valence-corrected chi connectivity index (χ3v) is 6.83. The minimum Gasteiger partial charge on any atom is -0.497 e. The molecule has 35 heavy (non-hydrogen) atoms. The van der Waals surface area contributed by atoms with E-state index in [9.17, 15) is 9.59 Å². The lowest BCUT2D eigenvalue weighted by Crippen LogP contribution is -2.21. The van der Waals surface area contributed by atoms with Crippen LogP contribution in [0.25, 0.3) is 32.7 Å². The van der Waals surface area contributed by atoms with Gasteiger partial charge in [0.25, 0.3) is 5.91 Å². The minimum absolute atomic E-state index is 0.364. The molecule has 0 radical (unpaired) electrons. The van der Waals surface area contributed by atoms with Crippen molar-refractivity contribution in [2.24, 2.45) is 0 Å². The summed E-state index contributed by atoms with van der Waals surface area (Å²) in [6.07, 6.45) is 0. The van der Waals surface area contributed by atoms with E-state index < -0.39 is 18.5 Å². The molecule has 7 nitrogen and oxygen atoms in total. The second-order valence-corrected chi connectivity index (χ2v) is 9.25. The summed E-state index contributed by atoms with van der Waals surface area (Å²) in [6, 6.07) is 20.4. The first-order chi connectivity index (χ1) is 17.1. The van der Waals surface area contributed by atoms with Gasteiger partial charge in [0, 0.05) is 16.3 Å². The van der Waals surface area contributed by atoms with Gasteiger partial charge in [0.1, 0.15) is 5.75 Å². The normalized spacial score (nSPS) is 10.8. The molecule has 0 aliphatic heterocycles. The van der Waals surface area contributed by atoms with Gasteiger partial charge in [-0.05, 0) is 47.8 Å². The number of fused-ring (bicyclic) bond motifs is 1. The van der Waals surface area contributed by atoms with E-state index in [4.69, 9.17) is 9.47 Å². The summed E-state index contributed by atoms with van der Waals surface area (Å²) in [5.74, 6) is -0.302. The highest BCUT2D eigenvalue weighted by Gasteiger charge is 2.17. The van der Waals surface area contributed by atoms with E-state index in [0.717, 1.165) is 21.9 Å². The van der Waals surface area contributed by atoms with E-state index in [1.54, 1.807) is 13.2 Å². The van der Waals surface area contributed by atoms with E-state index in [2.05, 4.69) is 15.3 Å². The van der Waals surface area contributed by atoms with E-state index in [-0.39, 0.29) is 0 Å². The number of thiazole rings is 1. The molecule has 2 aromatic carbocycles. The average Bonchev–Trinajstić information content (AvgIpc) is 3.59. The topological polar surface area (TPSA) is 90.4 Å². The van der Waals surface area contributed by atoms with Crippen molar-refractivity contribution in [2.45, 2.75) is 0 Å². The fourth-order valence-corrected chi connectivity index (χ4v) is 4.91. The SMILES string of the molecule is COc1ccc(-c2csc(NC(=O)COC(=O)c3cc(-c4cccs4)nc4ccccc34)n2)cc1. The lowest BCUT2D eigenvalue weighted by Gasteiger charge is -2.09. The molecule has 0 fully saturated rings. The summed E-state index contributed by atoms with van der Waals surface area (Å²) in [4.78, 5) is 35.4. The largest absolute Gasteiger partial charge is 0.497 e. The average molecular weight is 502 g/mol. The predicted octanol–water partition coefficient (Wildman–Crippen LogP) is 5.89. The number of anilines is 1. The fourth-order valence-electron chi connectivity index (χ4n) is 3.48. The van der Waals surface area contributed by atoms with Gasteiger partial charge >= 0.3 is 5.97 Å². The number of pyridine rings is 1. The maximum absolute atomic E-state index is 12.9. The monoisotopic (exact) mass is 501 g/mol. The molecule has 3 aromatic heterocycles. The number of aromatic nitrogens is 2. The molecule has 0 saturated heterocycles. The predicted molar refractivity (Wildman–Crippen MR) is 138 cm³/mol. The van der Waals surface area contributed by atoms with Crippen LogP contribution in [-0.2, 0) is 9.53 Å². The first-order valence-electron chi connectivity index (χ1n) is 10.6. The summed E-state index contributed by atoms with van der Waals surface area (Å²) < 4.78 is 10.5. The lowest BCUT2D eigenvalue weighted by atomic mass is 10.1. The number of carbonyl (C=O) groups is 2. The highest BCUT2D eigenvalue weighted by molar-refractivity contribution is 7.14. The molecule has 0 aliphatic rings. The zero-order valence-corrected chi connectivity index (χ0v) is 20.2. The molecule has 0 bridgehead atoms. The van der Waals surface area contributed by atoms with Crippen LogP contribution < -0.4 is 10.1 Å². The smallest absolute Gasteiger partial charge is 0.339 e. The van der Waals surface area contributed by atoms with Crippen LogP contribution in [0.1, 0.15) is 10.4 Å². The second-order valence-electron chi connectivity index (χ2n) is 7.44. The number of esters is 1. The Labute approximate surface area is 209 Å². The number of hydrogen-bond acceptors (Lipinski definition) is 8. The number of rotatable bonds is 7. The number of hydrogen-bond donors (Lipinski definition) is 1. The van der Waals surface area contributed by atoms with Crippen molar-refractivity contribution >= 4 is 50.6 Å². The summed E-state index contributed by atoms with van der Waals surface area (Å²) in [6.45, 7) is -0.429. The zero-order chi connectivity index (χ0) is 24.2. The standard InChI is InChI=1S/C26H19N3O4S2/c1-32-17-10-8-16(9-11-17)22-15-35-26(28-22)29-24(30)14-33-25(31)19-13-21(23-7-4-12-34-23)27-20-6-3-2-5-18(19)20/h2-13,15H,14H2,1H3,(H,28,29,30). The summed E-state index contributed by atoms with van der Waals surface area (Å²) in [5, 5.41) is 7.58. The molecule has 174 valence electrons. The van der Waals surface area contributed by atoms with Gasteiger partial charge in [-0.25, -0.2) is 14.8 Å². The van der Waals surface area contributed by atoms with Crippen LogP contribution in [0.4, 0.5) is 5.13 Å². The Kier molecular flexibility index (Phi) is 6.51. The number of nitrogens with zero attached hydrogens (tertiary/aromatic N) is 2. The fraction of sp³-hybridized carbons (Fsp3) is 0.0769. The van der Waals surface area contributed by atoms with Gasteiger partial charge < -0.3 is 9.47 Å². The number of para-hydroxylation sites is 1. The van der Waals surface area contributed by atoms with Crippen molar-refractivity contribution in [2.75, 3.05) is 19.0 Å². The van der Waals surface area contributed by atoms with Gasteiger partial charge in [-0.3, -0.25) is 10.1 Å². The van der Waals surface area contributed by atoms with Gasteiger partial charge in [-0.1, -0.05) is 24.3 Å². The van der Waals surface area contributed by atoms with Crippen molar-refractivity contribution in [3.8, 4) is 27.6 Å². The summed E-state index contributed by atoms with van der Waals surface area (Å²) in [7, 11) is 1.61. The van der Waals surface area contributed by atoms with Gasteiger partial charge in [0.05, 0.1) is 34.5 Å². The van der Waals surface area contributed by atoms with E-state index in [0.29, 0.717) is 27.3 Å². The van der Waals surface area contributed by atoms with Crippen LogP contribution in [0.15, 0.2) is 77.5 Å². The van der Waals surface area contributed by atoms with E-state index in [1.165, 1.54) is 22.7 Å². The molecule has 9 heteroatoms. The van der Waals surface area contributed by atoms with Crippen LogP contribution in [0.5, 0.6) is 5.75 Å². The summed E-state index contributed by atoms with van der Waals surface area (Å²) >= 11 is 2.83. The van der Waals surface area contributed by atoms with Crippen molar-refractivity contribution in [3.05, 3.63) is 83.1 Å². The zero-order valence-electron chi connectivity index (χ0n) is 18.6. The molecule has 3 heterocycles. The van der Waals surface area contributed by atoms with Crippen LogP contribution in [0.3, 0.4) is 0 Å². The Morgan fingerprint density at radius 2 is 1.77 bits per heavy atom. The molecular formula is C26H19N3O4S2. The number of methoxy groups -OCH3 is 1. The highest BCUT2D eigenvalue weighted by Crippen LogP contribution is 2.29. The van der Waals surface area contributed by atoms with Crippen LogP contribution >= 0.6 is 22.7 Å². The molecule has 5 aromatic rings. The van der Waals surface area contributed by atoms with Crippen molar-refractivity contribution in [1.29, 1.82) is 0 Å². The third kappa shape index (κ3) is 5.06. The number of benzene rings is 2. The molecule has 0 atom stereocenters. The number of amides is 1. The molecule has 0 spiro atoms. The Morgan fingerprint density at radius 1 is 0.943 bits per heavy atom. The number of ether oxygens (including phenoxy) is 2. The Hall–Kier alpha value is -4.08. The quantitative estimate of drug-likeness (QED) is 0.280. The first-order valence-corrected chi connectivity index (χ1v) is 12.4. The molecule has 0 unspecified atom stereocenters. The Morgan fingerprint density at radius 3 is 2.54 bits per heavy atom. The van der Waals surface area contributed by atoms with Crippen molar-refractivity contribution in [3.63, 3.8) is 0 Å². The molecule has 0 saturated carbocycles. The third-order valence-electron chi connectivity index (χ3n) is 5.18. The van der Waals surface area contributed by atoms with Crippen LogP contribution in [-0.4, -0.2) is 35.6 Å². The lowest BCUT2D eigenvalue weighted by molar-refractivity contribution is -0.119. The molecule has 5 rings (SSSR count). The van der Waals surface area contributed by atoms with Gasteiger partial charge in [-0.2, -0.15) is 0 Å². The maximum Gasteiger partial charge on any atom is 0.339 e. The molecular weight excluding hydrogens is 482 g/mol. The number of nitrogens with one attached hydrogen (secondary N) is 1. The van der Waals surface area contributed by atoms with Crippen LogP contribution in [0, 0.1) is 0 Å². The highest BCUT2D eigenvalue weighted by atomic mass is 32.1.